The number of rotatable bonds is 6. The zero-order valence-corrected chi connectivity index (χ0v) is 17.0. The first-order valence-electron chi connectivity index (χ1n) is 9.97. The molecule has 0 aromatic heterocycles. The molecule has 2 aliphatic heterocycles. The van der Waals surface area contributed by atoms with E-state index in [1.54, 1.807) is 17.8 Å². The maximum Gasteiger partial charge on any atom is 0.181 e. The molecular weight excluding hydrogens is 366 g/mol. The molecule has 2 atom stereocenters. The number of nitrogens with one attached hydrogen (secondary N) is 1. The first-order chi connectivity index (χ1) is 13.5. The SMILES string of the molecule is CN1C2CCC1CC(CC(=O)C(=N)c1cc(Sc3ccccc3)ccc1N)C2. The van der Waals surface area contributed by atoms with Gasteiger partial charge in [-0.05, 0) is 69.0 Å². The van der Waals surface area contributed by atoms with Gasteiger partial charge in [0.15, 0.2) is 5.78 Å². The van der Waals surface area contributed by atoms with Crippen molar-refractivity contribution in [1.82, 2.24) is 4.90 Å². The van der Waals surface area contributed by atoms with Crippen LogP contribution >= 0.6 is 11.8 Å². The van der Waals surface area contributed by atoms with E-state index in [2.05, 4.69) is 11.9 Å². The van der Waals surface area contributed by atoms with Crippen molar-refractivity contribution in [1.29, 1.82) is 5.41 Å². The molecule has 0 saturated carbocycles. The van der Waals surface area contributed by atoms with Gasteiger partial charge in [0.05, 0.1) is 0 Å². The van der Waals surface area contributed by atoms with E-state index in [0.29, 0.717) is 35.7 Å². The third-order valence-electron chi connectivity index (χ3n) is 6.22. The van der Waals surface area contributed by atoms with Gasteiger partial charge < -0.3 is 10.6 Å². The standard InChI is InChI=1S/C23H27N3OS/c1-26-16-7-8-17(26)12-15(11-16)13-22(27)23(25)20-14-19(9-10-21(20)24)28-18-5-3-2-4-6-18/h2-6,9-10,14-17,25H,7-8,11-13,24H2,1H3. The van der Waals surface area contributed by atoms with Crippen LogP contribution in [0.1, 0.15) is 37.7 Å². The van der Waals surface area contributed by atoms with Crippen molar-refractivity contribution < 1.29 is 4.79 Å². The third-order valence-corrected chi connectivity index (χ3v) is 7.22. The highest BCUT2D eigenvalue weighted by molar-refractivity contribution is 7.99. The van der Waals surface area contributed by atoms with E-state index in [9.17, 15) is 4.79 Å². The number of ketones is 1. The number of carbonyl (C=O) groups is 1. The molecule has 0 amide bonds. The fourth-order valence-electron chi connectivity index (χ4n) is 4.65. The van der Waals surface area contributed by atoms with Gasteiger partial charge >= 0.3 is 0 Å². The Morgan fingerprint density at radius 1 is 1.11 bits per heavy atom. The highest BCUT2D eigenvalue weighted by atomic mass is 32.2. The van der Waals surface area contributed by atoms with Gasteiger partial charge in [-0.1, -0.05) is 30.0 Å². The van der Waals surface area contributed by atoms with Crippen LogP contribution in [0.5, 0.6) is 0 Å². The maximum absolute atomic E-state index is 12.8. The van der Waals surface area contributed by atoms with Gasteiger partial charge in [0, 0.05) is 39.5 Å². The van der Waals surface area contributed by atoms with Gasteiger partial charge in [0.1, 0.15) is 5.71 Å². The monoisotopic (exact) mass is 393 g/mol. The fraction of sp³-hybridized carbons (Fsp3) is 0.391. The lowest BCUT2D eigenvalue weighted by molar-refractivity contribution is -0.114. The molecule has 2 aromatic carbocycles. The number of nitrogen functional groups attached to an aromatic ring is 1. The first-order valence-corrected chi connectivity index (χ1v) is 10.8. The van der Waals surface area contributed by atoms with Crippen LogP contribution in [0.2, 0.25) is 0 Å². The molecule has 3 N–H and O–H groups in total. The molecule has 0 radical (unpaired) electrons. The summed E-state index contributed by atoms with van der Waals surface area (Å²) in [5, 5.41) is 8.48. The van der Waals surface area contributed by atoms with E-state index in [0.717, 1.165) is 22.6 Å². The smallest absolute Gasteiger partial charge is 0.181 e. The number of nitrogens with zero attached hydrogens (tertiary/aromatic N) is 1. The molecule has 2 heterocycles. The van der Waals surface area contributed by atoms with Crippen LogP contribution in [0, 0.1) is 11.3 Å². The van der Waals surface area contributed by atoms with Gasteiger partial charge in [-0.15, -0.1) is 0 Å². The molecule has 2 aliphatic rings. The van der Waals surface area contributed by atoms with E-state index < -0.39 is 0 Å². The molecular formula is C23H27N3OS. The number of Topliss-reactive ketones (excluding diaryl/α,β-unsaturated/α-hetero) is 1. The van der Waals surface area contributed by atoms with Gasteiger partial charge in [0.2, 0.25) is 0 Å². The molecule has 4 nitrogen and oxygen atoms in total. The van der Waals surface area contributed by atoms with Crippen molar-refractivity contribution in [3.8, 4) is 0 Å². The number of hydrogen-bond donors (Lipinski definition) is 2. The summed E-state index contributed by atoms with van der Waals surface area (Å²) in [5.74, 6) is 0.312. The molecule has 28 heavy (non-hydrogen) atoms. The van der Waals surface area contributed by atoms with E-state index in [1.165, 1.54) is 12.8 Å². The lowest BCUT2D eigenvalue weighted by Crippen LogP contribution is -2.40. The van der Waals surface area contributed by atoms with E-state index in [-0.39, 0.29) is 11.5 Å². The molecule has 2 saturated heterocycles. The zero-order chi connectivity index (χ0) is 19.7. The average molecular weight is 394 g/mol. The molecule has 0 spiro atoms. The van der Waals surface area contributed by atoms with Crippen LogP contribution < -0.4 is 5.73 Å². The van der Waals surface area contributed by atoms with Crippen molar-refractivity contribution in [2.75, 3.05) is 12.8 Å². The summed E-state index contributed by atoms with van der Waals surface area (Å²) in [6.45, 7) is 0. The molecule has 2 bridgehead atoms. The van der Waals surface area contributed by atoms with Crippen molar-refractivity contribution >= 4 is 28.9 Å². The van der Waals surface area contributed by atoms with Gasteiger partial charge in [-0.3, -0.25) is 10.2 Å². The number of piperidine rings is 1. The quantitative estimate of drug-likeness (QED) is 0.555. The van der Waals surface area contributed by atoms with Crippen molar-refractivity contribution in [3.63, 3.8) is 0 Å². The molecule has 2 unspecified atom stereocenters. The molecule has 4 rings (SSSR count). The van der Waals surface area contributed by atoms with E-state index in [4.69, 9.17) is 11.1 Å². The lowest BCUT2D eigenvalue weighted by Gasteiger charge is -2.36. The Hall–Kier alpha value is -2.11. The number of nitrogens with two attached hydrogens (primary N) is 1. The molecule has 2 aromatic rings. The van der Waals surface area contributed by atoms with Gasteiger partial charge in [0.25, 0.3) is 0 Å². The van der Waals surface area contributed by atoms with Crippen molar-refractivity contribution in [3.05, 3.63) is 54.1 Å². The Kier molecular flexibility index (Phi) is 5.56. The lowest BCUT2D eigenvalue weighted by atomic mass is 9.85. The van der Waals surface area contributed by atoms with Crippen LogP contribution in [0.4, 0.5) is 5.69 Å². The number of benzene rings is 2. The topological polar surface area (TPSA) is 70.2 Å². The normalized spacial score (nSPS) is 24.2. The summed E-state index contributed by atoms with van der Waals surface area (Å²) in [7, 11) is 2.21. The Morgan fingerprint density at radius 3 is 2.46 bits per heavy atom. The summed E-state index contributed by atoms with van der Waals surface area (Å²) >= 11 is 1.62. The summed E-state index contributed by atoms with van der Waals surface area (Å²) < 4.78 is 0. The summed E-state index contributed by atoms with van der Waals surface area (Å²) in [6.07, 6.45) is 5.11. The Balaban J connectivity index is 1.45. The van der Waals surface area contributed by atoms with Crippen LogP contribution in [-0.4, -0.2) is 35.5 Å². The van der Waals surface area contributed by atoms with Crippen molar-refractivity contribution in [2.24, 2.45) is 5.92 Å². The highest BCUT2D eigenvalue weighted by Crippen LogP contribution is 2.39. The number of anilines is 1. The minimum Gasteiger partial charge on any atom is -0.398 e. The largest absolute Gasteiger partial charge is 0.398 e. The Morgan fingerprint density at radius 2 is 1.79 bits per heavy atom. The van der Waals surface area contributed by atoms with E-state index in [1.807, 2.05) is 42.5 Å². The molecule has 146 valence electrons. The second kappa shape index (κ2) is 8.10. The Bertz CT molecular complexity index is 869. The Labute approximate surface area is 171 Å². The van der Waals surface area contributed by atoms with Crippen molar-refractivity contribution in [2.45, 2.75) is 54.0 Å². The van der Waals surface area contributed by atoms with Gasteiger partial charge in [-0.2, -0.15) is 0 Å². The second-order valence-electron chi connectivity index (χ2n) is 8.05. The number of hydrogen-bond acceptors (Lipinski definition) is 5. The minimum absolute atomic E-state index is 0.0549. The maximum atomic E-state index is 12.8. The first kappa shape index (κ1) is 19.2. The summed E-state index contributed by atoms with van der Waals surface area (Å²) in [6, 6.07) is 16.9. The number of carbonyl (C=O) groups excluding carboxylic acids is 1. The van der Waals surface area contributed by atoms with Crippen LogP contribution in [0.3, 0.4) is 0 Å². The van der Waals surface area contributed by atoms with Crippen LogP contribution in [-0.2, 0) is 4.79 Å². The molecule has 5 heteroatoms. The van der Waals surface area contributed by atoms with Crippen LogP contribution in [0.15, 0.2) is 58.3 Å². The minimum atomic E-state index is -0.0810. The highest BCUT2D eigenvalue weighted by Gasteiger charge is 2.39. The van der Waals surface area contributed by atoms with Crippen LogP contribution in [0.25, 0.3) is 0 Å². The summed E-state index contributed by atoms with van der Waals surface area (Å²) in [5.41, 5.74) is 7.23. The molecule has 2 fully saturated rings. The number of fused-ring (bicyclic) bond motifs is 2. The average Bonchev–Trinajstić information content (AvgIpc) is 2.90. The molecule has 0 aliphatic carbocycles. The predicted octanol–water partition coefficient (Wildman–Crippen LogP) is 4.62. The fourth-order valence-corrected chi connectivity index (χ4v) is 5.52. The van der Waals surface area contributed by atoms with E-state index >= 15 is 0 Å². The predicted molar refractivity (Wildman–Crippen MR) is 115 cm³/mol. The summed E-state index contributed by atoms with van der Waals surface area (Å²) in [4.78, 5) is 17.4. The second-order valence-corrected chi connectivity index (χ2v) is 9.20. The third kappa shape index (κ3) is 4.01. The van der Waals surface area contributed by atoms with Gasteiger partial charge in [-0.25, -0.2) is 0 Å². The zero-order valence-electron chi connectivity index (χ0n) is 16.2.